The highest BCUT2D eigenvalue weighted by atomic mass is 16.5. The summed E-state index contributed by atoms with van der Waals surface area (Å²) in [4.78, 5) is 0. The first-order chi connectivity index (χ1) is 9.59. The molecule has 1 unspecified atom stereocenters. The van der Waals surface area contributed by atoms with E-state index in [-0.39, 0.29) is 6.10 Å². The smallest absolute Gasteiger partial charge is 0.123 e. The highest BCUT2D eigenvalue weighted by molar-refractivity contribution is 5.48. The molecule has 1 saturated carbocycles. The highest BCUT2D eigenvalue weighted by Gasteiger charge is 2.33. The largest absolute Gasteiger partial charge is 0.496 e. The summed E-state index contributed by atoms with van der Waals surface area (Å²) in [6.07, 6.45) is 4.13. The van der Waals surface area contributed by atoms with E-state index in [1.807, 2.05) is 0 Å². The van der Waals surface area contributed by atoms with E-state index in [0.29, 0.717) is 13.1 Å². The lowest BCUT2D eigenvalue weighted by Crippen LogP contribution is -2.46. The van der Waals surface area contributed by atoms with Crippen LogP contribution >= 0.6 is 0 Å². The van der Waals surface area contributed by atoms with E-state index in [0.717, 1.165) is 42.7 Å². The third kappa shape index (κ3) is 2.63. The molecule has 20 heavy (non-hydrogen) atoms. The Morgan fingerprint density at radius 2 is 2.25 bits per heavy atom. The fraction of sp³-hybridized carbons (Fsp3) is 0.625. The summed E-state index contributed by atoms with van der Waals surface area (Å²) in [5, 5.41) is 13.4. The molecule has 4 heteroatoms. The van der Waals surface area contributed by atoms with E-state index in [9.17, 15) is 5.11 Å². The van der Waals surface area contributed by atoms with Crippen LogP contribution in [0, 0.1) is 0 Å². The van der Waals surface area contributed by atoms with Crippen LogP contribution < -0.4 is 14.8 Å². The van der Waals surface area contributed by atoms with Crippen molar-refractivity contribution < 1.29 is 14.6 Å². The molecule has 1 fully saturated rings. The second-order valence-corrected chi connectivity index (χ2v) is 6.09. The number of rotatable bonds is 5. The zero-order valence-corrected chi connectivity index (χ0v) is 12.2. The van der Waals surface area contributed by atoms with Gasteiger partial charge in [0.15, 0.2) is 0 Å². The maximum Gasteiger partial charge on any atom is 0.123 e. The Bertz CT molecular complexity index is 497. The molecular formula is C16H23NO3. The standard InChI is InChI=1S/C16H23NO3/c1-11-6-12-7-14(19-2)13(8-15(12)20-11)9-17-10-16(18)4-3-5-16/h7-8,11,17-18H,3-6,9-10H2,1-2H3. The second-order valence-electron chi connectivity index (χ2n) is 6.09. The quantitative estimate of drug-likeness (QED) is 0.864. The Morgan fingerprint density at radius 3 is 2.90 bits per heavy atom. The number of hydrogen-bond donors (Lipinski definition) is 2. The number of methoxy groups -OCH3 is 1. The molecule has 2 aliphatic rings. The van der Waals surface area contributed by atoms with Crippen LogP contribution in [-0.2, 0) is 13.0 Å². The van der Waals surface area contributed by atoms with Crippen molar-refractivity contribution in [2.45, 2.75) is 50.9 Å². The van der Waals surface area contributed by atoms with Crippen LogP contribution in [0.15, 0.2) is 12.1 Å². The zero-order valence-electron chi connectivity index (χ0n) is 12.2. The molecule has 0 saturated heterocycles. The Balaban J connectivity index is 1.67. The Labute approximate surface area is 120 Å². The molecule has 0 spiro atoms. The van der Waals surface area contributed by atoms with Crippen molar-refractivity contribution in [2.75, 3.05) is 13.7 Å². The lowest BCUT2D eigenvalue weighted by molar-refractivity contribution is -0.0315. The molecule has 3 rings (SSSR count). The lowest BCUT2D eigenvalue weighted by atomic mass is 9.80. The molecule has 0 aromatic heterocycles. The molecule has 0 radical (unpaired) electrons. The van der Waals surface area contributed by atoms with Crippen LogP contribution in [0.1, 0.15) is 37.3 Å². The Hall–Kier alpha value is -1.26. The fourth-order valence-electron chi connectivity index (χ4n) is 3.00. The molecule has 1 atom stereocenters. The highest BCUT2D eigenvalue weighted by Crippen LogP contribution is 2.35. The van der Waals surface area contributed by atoms with Gasteiger partial charge in [-0.05, 0) is 38.3 Å². The van der Waals surface area contributed by atoms with Gasteiger partial charge in [-0.3, -0.25) is 0 Å². The third-order valence-corrected chi connectivity index (χ3v) is 4.35. The van der Waals surface area contributed by atoms with Gasteiger partial charge in [-0.1, -0.05) is 0 Å². The molecule has 1 aliphatic carbocycles. The summed E-state index contributed by atoms with van der Waals surface area (Å²) in [7, 11) is 1.70. The molecule has 110 valence electrons. The predicted octanol–water partition coefficient (Wildman–Crippen LogP) is 2.02. The normalized spacial score (nSPS) is 22.9. The number of hydrogen-bond acceptors (Lipinski definition) is 4. The van der Waals surface area contributed by atoms with Crippen LogP contribution in [0.5, 0.6) is 11.5 Å². The van der Waals surface area contributed by atoms with E-state index < -0.39 is 5.60 Å². The molecule has 1 aromatic rings. The third-order valence-electron chi connectivity index (χ3n) is 4.35. The van der Waals surface area contributed by atoms with Crippen molar-refractivity contribution in [1.82, 2.24) is 5.32 Å². The van der Waals surface area contributed by atoms with Gasteiger partial charge in [0.1, 0.15) is 17.6 Å². The maximum atomic E-state index is 10.1. The number of fused-ring (bicyclic) bond motifs is 1. The summed E-state index contributed by atoms with van der Waals surface area (Å²) in [5.74, 6) is 1.87. The van der Waals surface area contributed by atoms with E-state index >= 15 is 0 Å². The number of ether oxygens (including phenoxy) is 2. The van der Waals surface area contributed by atoms with Gasteiger partial charge in [-0.25, -0.2) is 0 Å². The monoisotopic (exact) mass is 277 g/mol. The van der Waals surface area contributed by atoms with E-state index in [2.05, 4.69) is 24.4 Å². The van der Waals surface area contributed by atoms with Gasteiger partial charge in [0.25, 0.3) is 0 Å². The van der Waals surface area contributed by atoms with Crippen molar-refractivity contribution in [1.29, 1.82) is 0 Å². The van der Waals surface area contributed by atoms with Gasteiger partial charge in [0.05, 0.1) is 12.7 Å². The summed E-state index contributed by atoms with van der Waals surface area (Å²) in [5.41, 5.74) is 1.81. The van der Waals surface area contributed by atoms with Gasteiger partial charge in [0.2, 0.25) is 0 Å². The fourth-order valence-corrected chi connectivity index (χ4v) is 3.00. The van der Waals surface area contributed by atoms with Crippen molar-refractivity contribution in [2.24, 2.45) is 0 Å². The number of nitrogens with one attached hydrogen (secondary N) is 1. The first kappa shape index (κ1) is 13.7. The minimum absolute atomic E-state index is 0.244. The minimum Gasteiger partial charge on any atom is -0.496 e. The topological polar surface area (TPSA) is 50.7 Å². The Kier molecular flexibility index (Phi) is 3.61. The van der Waals surface area contributed by atoms with Crippen molar-refractivity contribution in [3.8, 4) is 11.5 Å². The van der Waals surface area contributed by atoms with E-state index in [1.165, 1.54) is 5.56 Å². The molecule has 1 aliphatic heterocycles. The first-order valence-electron chi connectivity index (χ1n) is 7.39. The molecule has 4 nitrogen and oxygen atoms in total. The van der Waals surface area contributed by atoms with Crippen LogP contribution in [0.4, 0.5) is 0 Å². The summed E-state index contributed by atoms with van der Waals surface area (Å²) in [6, 6.07) is 4.14. The van der Waals surface area contributed by atoms with E-state index in [4.69, 9.17) is 9.47 Å². The minimum atomic E-state index is -0.491. The van der Waals surface area contributed by atoms with Gasteiger partial charge in [-0.15, -0.1) is 0 Å². The maximum absolute atomic E-state index is 10.1. The van der Waals surface area contributed by atoms with Crippen LogP contribution in [0.2, 0.25) is 0 Å². The van der Waals surface area contributed by atoms with Gasteiger partial charge >= 0.3 is 0 Å². The van der Waals surface area contributed by atoms with Crippen LogP contribution in [0.3, 0.4) is 0 Å². The van der Waals surface area contributed by atoms with E-state index in [1.54, 1.807) is 7.11 Å². The second kappa shape index (κ2) is 5.26. The summed E-state index contributed by atoms with van der Waals surface area (Å²) >= 11 is 0. The first-order valence-corrected chi connectivity index (χ1v) is 7.39. The van der Waals surface area contributed by atoms with Crippen LogP contribution in [0.25, 0.3) is 0 Å². The summed E-state index contributed by atoms with van der Waals surface area (Å²) < 4.78 is 11.3. The van der Waals surface area contributed by atoms with Gasteiger partial charge in [-0.2, -0.15) is 0 Å². The molecule has 1 aromatic carbocycles. The SMILES string of the molecule is COc1cc2c(cc1CNCC1(O)CCC1)OC(C)C2. The van der Waals surface area contributed by atoms with Gasteiger partial charge < -0.3 is 19.9 Å². The number of benzene rings is 1. The zero-order chi connectivity index (χ0) is 14.2. The van der Waals surface area contributed by atoms with Crippen molar-refractivity contribution in [3.05, 3.63) is 23.3 Å². The molecule has 2 N–H and O–H groups in total. The van der Waals surface area contributed by atoms with Crippen LogP contribution in [-0.4, -0.2) is 30.5 Å². The summed E-state index contributed by atoms with van der Waals surface area (Å²) in [6.45, 7) is 3.41. The van der Waals surface area contributed by atoms with Crippen molar-refractivity contribution in [3.63, 3.8) is 0 Å². The Morgan fingerprint density at radius 1 is 1.45 bits per heavy atom. The van der Waals surface area contributed by atoms with Crippen molar-refractivity contribution >= 4 is 0 Å². The number of aliphatic hydroxyl groups is 1. The predicted molar refractivity (Wildman–Crippen MR) is 77.3 cm³/mol. The molecule has 0 amide bonds. The average molecular weight is 277 g/mol. The molecular weight excluding hydrogens is 254 g/mol. The average Bonchev–Trinajstić information content (AvgIpc) is 2.74. The van der Waals surface area contributed by atoms with Gasteiger partial charge in [0, 0.05) is 30.6 Å². The molecule has 0 bridgehead atoms. The lowest BCUT2D eigenvalue weighted by Gasteiger charge is -2.36. The molecule has 1 heterocycles.